The Labute approximate surface area is 190 Å². The highest BCUT2D eigenvalue weighted by Gasteiger charge is 2.30. The molecule has 1 saturated carbocycles. The molecule has 0 atom stereocenters. The second-order valence-corrected chi connectivity index (χ2v) is 10.0. The molecule has 6 heteroatoms. The molecule has 1 aliphatic heterocycles. The van der Waals surface area contributed by atoms with E-state index < -0.39 is 5.97 Å². The van der Waals surface area contributed by atoms with Gasteiger partial charge in [-0.3, -0.25) is 14.6 Å². The van der Waals surface area contributed by atoms with Crippen LogP contribution in [0.5, 0.6) is 0 Å². The van der Waals surface area contributed by atoms with Gasteiger partial charge in [0.15, 0.2) is 0 Å². The number of carboxylic acid groups (broad SMARTS) is 1. The normalized spacial score (nSPS) is 17.8. The second kappa shape index (κ2) is 8.57. The quantitative estimate of drug-likeness (QED) is 0.698. The highest BCUT2D eigenvalue weighted by atomic mass is 16.4. The van der Waals surface area contributed by atoms with Crippen LogP contribution in [-0.4, -0.2) is 41.1 Å². The van der Waals surface area contributed by atoms with Crippen molar-refractivity contribution < 1.29 is 14.7 Å². The summed E-state index contributed by atoms with van der Waals surface area (Å²) in [5, 5.41) is 12.6. The molecule has 0 radical (unpaired) electrons. The van der Waals surface area contributed by atoms with Gasteiger partial charge in [0.2, 0.25) is 0 Å². The Morgan fingerprint density at radius 3 is 2.28 bits per heavy atom. The number of hydrogen-bond acceptors (Lipinski definition) is 4. The lowest BCUT2D eigenvalue weighted by Crippen LogP contribution is -2.38. The predicted molar refractivity (Wildman–Crippen MR) is 126 cm³/mol. The first-order chi connectivity index (χ1) is 15.1. The fourth-order valence-corrected chi connectivity index (χ4v) is 4.55. The molecule has 0 bridgehead atoms. The molecule has 1 aliphatic carbocycles. The van der Waals surface area contributed by atoms with E-state index in [-0.39, 0.29) is 17.7 Å². The highest BCUT2D eigenvalue weighted by molar-refractivity contribution is 5.95. The summed E-state index contributed by atoms with van der Waals surface area (Å²) in [7, 11) is 0. The third-order valence-corrected chi connectivity index (χ3v) is 6.77. The minimum atomic E-state index is -0.851. The SMILES string of the molecule is Cc1nc(C)c(-c2ccc(C(=O)NC3CC3)cc2)c(N2CCC(C)(C)CC2)c1CC(=O)O. The summed E-state index contributed by atoms with van der Waals surface area (Å²) in [6, 6.07) is 7.95. The number of nitrogens with zero attached hydrogens (tertiary/aromatic N) is 2. The number of pyridine rings is 1. The fraction of sp³-hybridized carbons (Fsp3) is 0.500. The van der Waals surface area contributed by atoms with Gasteiger partial charge in [-0.2, -0.15) is 0 Å². The van der Waals surface area contributed by atoms with E-state index in [0.717, 1.165) is 72.5 Å². The molecule has 1 amide bonds. The van der Waals surface area contributed by atoms with Crippen LogP contribution in [0, 0.1) is 19.3 Å². The maximum Gasteiger partial charge on any atom is 0.307 e. The van der Waals surface area contributed by atoms with Crippen molar-refractivity contribution in [3.63, 3.8) is 0 Å². The summed E-state index contributed by atoms with van der Waals surface area (Å²) in [4.78, 5) is 31.2. The van der Waals surface area contributed by atoms with Crippen LogP contribution < -0.4 is 10.2 Å². The van der Waals surface area contributed by atoms with Crippen molar-refractivity contribution in [3.8, 4) is 11.1 Å². The predicted octanol–water partition coefficient (Wildman–Crippen LogP) is 4.51. The number of anilines is 1. The number of carbonyl (C=O) groups is 2. The Bertz CT molecular complexity index is 1030. The number of aromatic nitrogens is 1. The molecule has 4 rings (SSSR count). The largest absolute Gasteiger partial charge is 0.481 e. The summed E-state index contributed by atoms with van der Waals surface area (Å²) in [6.45, 7) is 10.2. The van der Waals surface area contributed by atoms with Crippen LogP contribution in [0.4, 0.5) is 5.69 Å². The molecule has 0 unspecified atom stereocenters. The van der Waals surface area contributed by atoms with Gasteiger partial charge in [0.05, 0.1) is 12.1 Å². The topological polar surface area (TPSA) is 82.5 Å². The van der Waals surface area contributed by atoms with Crippen molar-refractivity contribution in [2.45, 2.75) is 65.8 Å². The van der Waals surface area contributed by atoms with Gasteiger partial charge in [-0.1, -0.05) is 26.0 Å². The molecule has 0 spiro atoms. The van der Waals surface area contributed by atoms with Crippen LogP contribution in [0.25, 0.3) is 11.1 Å². The van der Waals surface area contributed by atoms with Gasteiger partial charge in [-0.05, 0) is 62.6 Å². The Kier molecular flexibility index (Phi) is 5.97. The smallest absolute Gasteiger partial charge is 0.307 e. The average Bonchev–Trinajstić information content (AvgIpc) is 3.54. The van der Waals surface area contributed by atoms with E-state index in [9.17, 15) is 14.7 Å². The number of amides is 1. The van der Waals surface area contributed by atoms with Crippen LogP contribution in [0.2, 0.25) is 0 Å². The van der Waals surface area contributed by atoms with Crippen molar-refractivity contribution in [1.29, 1.82) is 0 Å². The van der Waals surface area contributed by atoms with Crippen molar-refractivity contribution in [2.75, 3.05) is 18.0 Å². The van der Waals surface area contributed by atoms with Gasteiger partial charge in [0, 0.05) is 47.2 Å². The van der Waals surface area contributed by atoms with Gasteiger partial charge in [-0.25, -0.2) is 0 Å². The van der Waals surface area contributed by atoms with Gasteiger partial charge in [-0.15, -0.1) is 0 Å². The van der Waals surface area contributed by atoms with Crippen molar-refractivity contribution >= 4 is 17.6 Å². The number of piperidine rings is 1. The first-order valence-electron chi connectivity index (χ1n) is 11.5. The zero-order chi connectivity index (χ0) is 23.0. The lowest BCUT2D eigenvalue weighted by atomic mass is 9.82. The maximum atomic E-state index is 12.4. The summed E-state index contributed by atoms with van der Waals surface area (Å²) < 4.78 is 0. The molecule has 1 aromatic heterocycles. The zero-order valence-electron chi connectivity index (χ0n) is 19.5. The minimum absolute atomic E-state index is 0.0390. The molecule has 32 heavy (non-hydrogen) atoms. The third-order valence-electron chi connectivity index (χ3n) is 6.77. The monoisotopic (exact) mass is 435 g/mol. The van der Waals surface area contributed by atoms with Gasteiger partial charge < -0.3 is 15.3 Å². The van der Waals surface area contributed by atoms with Crippen LogP contribution >= 0.6 is 0 Å². The summed E-state index contributed by atoms with van der Waals surface area (Å²) in [5.74, 6) is -0.891. The van der Waals surface area contributed by atoms with E-state index in [4.69, 9.17) is 4.98 Å². The first kappa shape index (κ1) is 22.3. The van der Waals surface area contributed by atoms with E-state index in [1.165, 1.54) is 0 Å². The molecule has 2 heterocycles. The molecule has 170 valence electrons. The number of carboxylic acids is 1. The number of aryl methyl sites for hydroxylation is 2. The summed E-state index contributed by atoms with van der Waals surface area (Å²) in [6.07, 6.45) is 4.17. The highest BCUT2D eigenvalue weighted by Crippen LogP contribution is 2.41. The lowest BCUT2D eigenvalue weighted by Gasteiger charge is -2.40. The van der Waals surface area contributed by atoms with Crippen LogP contribution in [-0.2, 0) is 11.2 Å². The third kappa shape index (κ3) is 4.79. The van der Waals surface area contributed by atoms with Crippen molar-refractivity contribution in [3.05, 3.63) is 46.8 Å². The Balaban J connectivity index is 1.76. The molecule has 2 fully saturated rings. The number of rotatable bonds is 6. The number of aliphatic carboxylic acids is 1. The van der Waals surface area contributed by atoms with Crippen LogP contribution in [0.3, 0.4) is 0 Å². The van der Waals surface area contributed by atoms with E-state index in [1.807, 2.05) is 38.1 Å². The number of hydrogen-bond donors (Lipinski definition) is 2. The Morgan fingerprint density at radius 2 is 1.72 bits per heavy atom. The molecule has 2 aromatic rings. The minimum Gasteiger partial charge on any atom is -0.481 e. The van der Waals surface area contributed by atoms with E-state index in [1.54, 1.807) is 0 Å². The van der Waals surface area contributed by atoms with Crippen LogP contribution in [0.1, 0.15) is 66.8 Å². The standard InChI is InChI=1S/C26H33N3O3/c1-16-21(15-22(30)31)24(29-13-11-26(3,4)12-14-29)23(17(2)27-16)18-5-7-19(8-6-18)25(32)28-20-9-10-20/h5-8,20H,9-15H2,1-4H3,(H,28,32)(H,30,31). The number of benzene rings is 1. The molecule has 6 nitrogen and oxygen atoms in total. The Morgan fingerprint density at radius 1 is 1.09 bits per heavy atom. The molecular weight excluding hydrogens is 402 g/mol. The fourth-order valence-electron chi connectivity index (χ4n) is 4.55. The summed E-state index contributed by atoms with van der Waals surface area (Å²) >= 11 is 0. The van der Waals surface area contributed by atoms with Gasteiger partial charge in [0.25, 0.3) is 5.91 Å². The zero-order valence-corrected chi connectivity index (χ0v) is 19.5. The van der Waals surface area contributed by atoms with E-state index in [0.29, 0.717) is 11.6 Å². The van der Waals surface area contributed by atoms with Crippen molar-refractivity contribution in [1.82, 2.24) is 10.3 Å². The molecule has 1 aromatic carbocycles. The second-order valence-electron chi connectivity index (χ2n) is 10.0. The first-order valence-corrected chi connectivity index (χ1v) is 11.5. The molecule has 2 N–H and O–H groups in total. The van der Waals surface area contributed by atoms with Gasteiger partial charge >= 0.3 is 5.97 Å². The average molecular weight is 436 g/mol. The Hall–Kier alpha value is -2.89. The lowest BCUT2D eigenvalue weighted by molar-refractivity contribution is -0.136. The maximum absolute atomic E-state index is 12.4. The number of nitrogens with one attached hydrogen (secondary N) is 1. The van der Waals surface area contributed by atoms with Gasteiger partial charge in [0.1, 0.15) is 0 Å². The molecule has 1 saturated heterocycles. The van der Waals surface area contributed by atoms with E-state index in [2.05, 4.69) is 24.1 Å². The number of carbonyl (C=O) groups excluding carboxylic acids is 1. The van der Waals surface area contributed by atoms with Crippen LogP contribution in [0.15, 0.2) is 24.3 Å². The van der Waals surface area contributed by atoms with Crippen molar-refractivity contribution in [2.24, 2.45) is 5.41 Å². The summed E-state index contributed by atoms with van der Waals surface area (Å²) in [5.41, 5.74) is 6.30. The molecular formula is C26H33N3O3. The molecule has 2 aliphatic rings. The van der Waals surface area contributed by atoms with E-state index >= 15 is 0 Å².